The first-order chi connectivity index (χ1) is 10.2. The molecule has 3 rings (SSSR count). The lowest BCUT2D eigenvalue weighted by Gasteiger charge is -2.39. The second-order valence-corrected chi connectivity index (χ2v) is 5.71. The van der Waals surface area contributed by atoms with E-state index in [1.54, 1.807) is 6.07 Å². The largest absolute Gasteiger partial charge is 0.355 e. The molecule has 1 amide bonds. The van der Waals surface area contributed by atoms with E-state index in [1.165, 1.54) is 6.07 Å². The van der Waals surface area contributed by atoms with Crippen LogP contribution in [0.5, 0.6) is 0 Å². The maximum absolute atomic E-state index is 13.9. The lowest BCUT2D eigenvalue weighted by molar-refractivity contribution is -0.128. The average molecular weight is 291 g/mol. The number of likely N-dealkylation sites (N-methyl/N-ethyl adjacent to an activating group) is 1. The van der Waals surface area contributed by atoms with Crippen LogP contribution in [-0.2, 0) is 11.2 Å². The van der Waals surface area contributed by atoms with Gasteiger partial charge in [-0.25, -0.2) is 4.39 Å². The average Bonchev–Trinajstić information content (AvgIpc) is 2.93. The highest BCUT2D eigenvalue weighted by molar-refractivity contribution is 5.82. The van der Waals surface area contributed by atoms with E-state index in [2.05, 4.69) is 15.5 Å². The summed E-state index contributed by atoms with van der Waals surface area (Å²) in [4.78, 5) is 14.5. The number of amides is 1. The third kappa shape index (κ3) is 2.68. The topological polar surface area (TPSA) is 44.4 Å². The number of hydrogen-bond donors (Lipinski definition) is 2. The van der Waals surface area contributed by atoms with Gasteiger partial charge in [-0.05, 0) is 37.0 Å². The maximum Gasteiger partial charge on any atom is 0.238 e. The summed E-state index contributed by atoms with van der Waals surface area (Å²) in [6, 6.07) is 5.30. The first-order valence-corrected chi connectivity index (χ1v) is 7.73. The van der Waals surface area contributed by atoms with Crippen molar-refractivity contribution in [2.45, 2.75) is 31.8 Å². The summed E-state index contributed by atoms with van der Waals surface area (Å²) in [6.45, 7) is 4.92. The minimum atomic E-state index is -0.169. The zero-order valence-electron chi connectivity index (χ0n) is 12.4. The zero-order valence-corrected chi connectivity index (χ0v) is 12.4. The number of benzene rings is 1. The van der Waals surface area contributed by atoms with Gasteiger partial charge in [0, 0.05) is 32.2 Å². The molecule has 1 heterocycles. The first-order valence-electron chi connectivity index (χ1n) is 7.73. The Hall–Kier alpha value is -1.46. The van der Waals surface area contributed by atoms with E-state index in [4.69, 9.17) is 0 Å². The van der Waals surface area contributed by atoms with Crippen molar-refractivity contribution < 1.29 is 9.18 Å². The Labute approximate surface area is 124 Å². The molecule has 0 spiro atoms. The Balaban J connectivity index is 1.86. The second kappa shape index (κ2) is 6.12. The minimum Gasteiger partial charge on any atom is -0.355 e. The molecule has 2 unspecified atom stereocenters. The minimum absolute atomic E-state index is 0.0644. The van der Waals surface area contributed by atoms with Crippen LogP contribution < -0.4 is 10.6 Å². The van der Waals surface area contributed by atoms with Gasteiger partial charge in [0.05, 0.1) is 0 Å². The summed E-state index contributed by atoms with van der Waals surface area (Å²) in [7, 11) is 0. The first kappa shape index (κ1) is 14.5. The highest BCUT2D eigenvalue weighted by Gasteiger charge is 2.37. The lowest BCUT2D eigenvalue weighted by Crippen LogP contribution is -2.58. The molecule has 0 radical (unpaired) electrons. The van der Waals surface area contributed by atoms with Crippen molar-refractivity contribution in [3.63, 3.8) is 0 Å². The molecule has 1 aromatic carbocycles. The smallest absolute Gasteiger partial charge is 0.238 e. The van der Waals surface area contributed by atoms with Gasteiger partial charge in [-0.1, -0.05) is 12.1 Å². The quantitative estimate of drug-likeness (QED) is 0.880. The van der Waals surface area contributed by atoms with E-state index >= 15 is 0 Å². The van der Waals surface area contributed by atoms with Crippen molar-refractivity contribution in [3.05, 3.63) is 35.1 Å². The molecule has 114 valence electrons. The molecule has 1 aliphatic heterocycles. The van der Waals surface area contributed by atoms with Crippen molar-refractivity contribution in [1.29, 1.82) is 0 Å². The van der Waals surface area contributed by atoms with Gasteiger partial charge in [0.15, 0.2) is 0 Å². The standard InChI is InChI=1S/C16H22FN3O/c1-2-19-16(21)15-10-18-8-9-20(15)14-7-6-11-12(14)4-3-5-13(11)17/h3-5,14-15,18H,2,6-10H2,1H3,(H,19,21). The summed E-state index contributed by atoms with van der Waals surface area (Å²) in [6.07, 6.45) is 1.66. The molecule has 21 heavy (non-hydrogen) atoms. The number of hydrogen-bond acceptors (Lipinski definition) is 3. The Morgan fingerprint density at radius 3 is 3.19 bits per heavy atom. The van der Waals surface area contributed by atoms with Crippen LogP contribution in [0.1, 0.15) is 30.5 Å². The third-order valence-electron chi connectivity index (χ3n) is 4.52. The Kier molecular flexibility index (Phi) is 4.22. The van der Waals surface area contributed by atoms with E-state index in [0.29, 0.717) is 13.1 Å². The van der Waals surface area contributed by atoms with Gasteiger partial charge in [0.1, 0.15) is 11.9 Å². The molecular weight excluding hydrogens is 269 g/mol. The number of nitrogens with one attached hydrogen (secondary N) is 2. The molecule has 2 N–H and O–H groups in total. The second-order valence-electron chi connectivity index (χ2n) is 5.71. The van der Waals surface area contributed by atoms with Gasteiger partial charge in [-0.15, -0.1) is 0 Å². The van der Waals surface area contributed by atoms with Crippen LogP contribution in [0, 0.1) is 5.82 Å². The number of rotatable bonds is 3. The normalized spacial score (nSPS) is 25.6. The van der Waals surface area contributed by atoms with E-state index in [9.17, 15) is 9.18 Å². The van der Waals surface area contributed by atoms with Gasteiger partial charge in [-0.3, -0.25) is 9.69 Å². The number of nitrogens with zero attached hydrogens (tertiary/aromatic N) is 1. The van der Waals surface area contributed by atoms with Crippen molar-refractivity contribution in [3.8, 4) is 0 Å². The molecule has 5 heteroatoms. The highest BCUT2D eigenvalue weighted by Crippen LogP contribution is 2.38. The summed E-state index contributed by atoms with van der Waals surface area (Å²) >= 11 is 0. The molecule has 0 aromatic heterocycles. The van der Waals surface area contributed by atoms with Gasteiger partial charge in [0.25, 0.3) is 0 Å². The third-order valence-corrected chi connectivity index (χ3v) is 4.52. The van der Waals surface area contributed by atoms with Crippen LogP contribution in [0.15, 0.2) is 18.2 Å². The lowest BCUT2D eigenvalue weighted by atomic mass is 10.0. The SMILES string of the molecule is CCNC(=O)C1CNCCN1C1CCc2c(F)cccc21. The molecular formula is C16H22FN3O. The summed E-state index contributed by atoms with van der Waals surface area (Å²) in [5.41, 5.74) is 1.89. The van der Waals surface area contributed by atoms with E-state index in [-0.39, 0.29) is 23.8 Å². The van der Waals surface area contributed by atoms with Gasteiger partial charge >= 0.3 is 0 Å². The zero-order chi connectivity index (χ0) is 14.8. The Morgan fingerprint density at radius 2 is 2.38 bits per heavy atom. The van der Waals surface area contributed by atoms with Crippen molar-refractivity contribution in [1.82, 2.24) is 15.5 Å². The molecule has 1 saturated heterocycles. The molecule has 0 bridgehead atoms. The van der Waals surface area contributed by atoms with Crippen LogP contribution in [0.2, 0.25) is 0 Å². The van der Waals surface area contributed by atoms with Crippen LogP contribution in [0.25, 0.3) is 0 Å². The number of carbonyl (C=O) groups excluding carboxylic acids is 1. The predicted molar refractivity (Wildman–Crippen MR) is 79.5 cm³/mol. The van der Waals surface area contributed by atoms with E-state index < -0.39 is 0 Å². The molecule has 2 aliphatic rings. The van der Waals surface area contributed by atoms with Crippen molar-refractivity contribution in [2.75, 3.05) is 26.2 Å². The fourth-order valence-electron chi connectivity index (χ4n) is 3.56. The number of carbonyl (C=O) groups is 1. The van der Waals surface area contributed by atoms with Crippen molar-refractivity contribution in [2.24, 2.45) is 0 Å². The molecule has 1 aromatic rings. The Bertz CT molecular complexity index is 534. The van der Waals surface area contributed by atoms with Crippen LogP contribution in [0.3, 0.4) is 0 Å². The summed E-state index contributed by atoms with van der Waals surface area (Å²) in [5.74, 6) is -0.0470. The number of halogens is 1. The fraction of sp³-hybridized carbons (Fsp3) is 0.562. The maximum atomic E-state index is 13.9. The fourth-order valence-corrected chi connectivity index (χ4v) is 3.56. The predicted octanol–water partition coefficient (Wildman–Crippen LogP) is 1.22. The van der Waals surface area contributed by atoms with E-state index in [1.807, 2.05) is 13.0 Å². The van der Waals surface area contributed by atoms with E-state index in [0.717, 1.165) is 37.1 Å². The molecule has 4 nitrogen and oxygen atoms in total. The monoisotopic (exact) mass is 291 g/mol. The van der Waals surface area contributed by atoms with Crippen molar-refractivity contribution >= 4 is 5.91 Å². The number of fused-ring (bicyclic) bond motifs is 1. The van der Waals surface area contributed by atoms with Gasteiger partial charge < -0.3 is 10.6 Å². The Morgan fingerprint density at radius 1 is 1.52 bits per heavy atom. The van der Waals surface area contributed by atoms with Crippen LogP contribution in [0.4, 0.5) is 4.39 Å². The molecule has 2 atom stereocenters. The van der Waals surface area contributed by atoms with Crippen LogP contribution >= 0.6 is 0 Å². The summed E-state index contributed by atoms with van der Waals surface area (Å²) < 4.78 is 13.9. The molecule has 1 fully saturated rings. The van der Waals surface area contributed by atoms with Crippen LogP contribution in [-0.4, -0.2) is 43.0 Å². The highest BCUT2D eigenvalue weighted by atomic mass is 19.1. The van der Waals surface area contributed by atoms with Gasteiger partial charge in [-0.2, -0.15) is 0 Å². The summed E-state index contributed by atoms with van der Waals surface area (Å²) in [5, 5.41) is 6.20. The van der Waals surface area contributed by atoms with Gasteiger partial charge in [0.2, 0.25) is 5.91 Å². The molecule has 1 aliphatic carbocycles. The molecule has 0 saturated carbocycles. The number of piperazine rings is 1.